The van der Waals surface area contributed by atoms with Gasteiger partial charge in [0, 0.05) is 6.42 Å². The average Bonchev–Trinajstić information content (AvgIpc) is 2.30. The van der Waals surface area contributed by atoms with E-state index in [-0.39, 0.29) is 0 Å². The first-order valence-electron chi connectivity index (χ1n) is 5.58. The van der Waals surface area contributed by atoms with E-state index in [1.807, 2.05) is 18.2 Å². The molecule has 2 aromatic rings. The van der Waals surface area contributed by atoms with E-state index >= 15 is 0 Å². The number of hydrogen-bond acceptors (Lipinski definition) is 1. The molecule has 0 unspecified atom stereocenters. The van der Waals surface area contributed by atoms with Crippen molar-refractivity contribution in [2.45, 2.75) is 6.42 Å². The van der Waals surface area contributed by atoms with E-state index in [2.05, 4.69) is 44.2 Å². The predicted molar refractivity (Wildman–Crippen MR) is 70.3 cm³/mol. The Balaban J connectivity index is 1.85. The van der Waals surface area contributed by atoms with E-state index in [0.29, 0.717) is 0 Å². The first kappa shape index (κ1) is 10.8. The topological polar surface area (TPSA) is 9.23 Å². The summed E-state index contributed by atoms with van der Waals surface area (Å²) in [5.41, 5.74) is 2.55. The van der Waals surface area contributed by atoms with Crippen LogP contribution in [0, 0.1) is 0 Å². The van der Waals surface area contributed by atoms with Gasteiger partial charge in [-0.1, -0.05) is 47.9 Å². The molecule has 1 nitrogen and oxygen atoms in total. The highest BCUT2D eigenvalue weighted by atomic mass is 16.5. The Morgan fingerprint density at radius 2 is 1.75 bits per heavy atom. The van der Waals surface area contributed by atoms with E-state index in [1.54, 1.807) is 0 Å². The van der Waals surface area contributed by atoms with Crippen molar-refractivity contribution in [2.24, 2.45) is 0 Å². The normalized spacial score (nSPS) is 10.0. The van der Waals surface area contributed by atoms with Gasteiger partial charge >= 0.3 is 0 Å². The molecule has 2 heteroatoms. The standard InChI is InChI=1S/C14H15BO/c15-13-7-4-8-14(11-13)16-10-9-12-5-2-1-3-6-12/h1-8,11H,9-10,15H2. The fraction of sp³-hybridized carbons (Fsp3) is 0.143. The molecular weight excluding hydrogens is 195 g/mol. The minimum atomic E-state index is 0.730. The Labute approximate surface area is 97.5 Å². The third kappa shape index (κ3) is 3.16. The van der Waals surface area contributed by atoms with Crippen molar-refractivity contribution in [3.63, 3.8) is 0 Å². The molecule has 0 N–H and O–H groups in total. The molecule has 0 aromatic heterocycles. The lowest BCUT2D eigenvalue weighted by atomic mass is 9.96. The predicted octanol–water partition coefficient (Wildman–Crippen LogP) is 1.57. The van der Waals surface area contributed by atoms with Gasteiger partial charge in [0.25, 0.3) is 0 Å². The molecule has 0 aliphatic heterocycles. The summed E-state index contributed by atoms with van der Waals surface area (Å²) >= 11 is 0. The zero-order valence-corrected chi connectivity index (χ0v) is 9.52. The van der Waals surface area contributed by atoms with Gasteiger partial charge in [-0.25, -0.2) is 0 Å². The molecule has 0 fully saturated rings. The smallest absolute Gasteiger partial charge is 0.139 e. The van der Waals surface area contributed by atoms with Gasteiger partial charge in [-0.2, -0.15) is 0 Å². The van der Waals surface area contributed by atoms with Crippen molar-refractivity contribution in [2.75, 3.05) is 6.61 Å². The molecule has 2 aromatic carbocycles. The highest BCUT2D eigenvalue weighted by Crippen LogP contribution is 2.08. The molecule has 80 valence electrons. The SMILES string of the molecule is Bc1cccc(OCCc2ccccc2)c1. The largest absolute Gasteiger partial charge is 0.493 e. The van der Waals surface area contributed by atoms with E-state index < -0.39 is 0 Å². The molecule has 0 saturated carbocycles. The maximum Gasteiger partial charge on any atom is 0.139 e. The summed E-state index contributed by atoms with van der Waals surface area (Å²) in [6.45, 7) is 0.730. The van der Waals surface area contributed by atoms with Crippen LogP contribution in [0.15, 0.2) is 54.6 Å². The maximum absolute atomic E-state index is 5.69. The second-order valence-electron chi connectivity index (χ2n) is 3.90. The molecule has 0 saturated heterocycles. The van der Waals surface area contributed by atoms with Crippen LogP contribution in [-0.4, -0.2) is 14.5 Å². The van der Waals surface area contributed by atoms with Crippen LogP contribution in [0.4, 0.5) is 0 Å². The Morgan fingerprint density at radius 3 is 2.50 bits per heavy atom. The second kappa shape index (κ2) is 5.41. The molecule has 0 amide bonds. The number of rotatable bonds is 4. The lowest BCUT2D eigenvalue weighted by Crippen LogP contribution is -2.05. The zero-order chi connectivity index (χ0) is 11.2. The first-order chi connectivity index (χ1) is 7.84. The number of ether oxygens (including phenoxy) is 1. The Bertz CT molecular complexity index is 439. The van der Waals surface area contributed by atoms with Crippen LogP contribution in [0.3, 0.4) is 0 Å². The second-order valence-corrected chi connectivity index (χ2v) is 3.90. The summed E-state index contributed by atoms with van der Waals surface area (Å²) in [5.74, 6) is 0.955. The molecule has 0 atom stereocenters. The summed E-state index contributed by atoms with van der Waals surface area (Å²) in [5, 5.41) is 0. The summed E-state index contributed by atoms with van der Waals surface area (Å²) in [4.78, 5) is 0. The fourth-order valence-electron chi connectivity index (χ4n) is 1.64. The fourth-order valence-corrected chi connectivity index (χ4v) is 1.64. The first-order valence-corrected chi connectivity index (χ1v) is 5.58. The van der Waals surface area contributed by atoms with Crippen LogP contribution >= 0.6 is 0 Å². The highest BCUT2D eigenvalue weighted by molar-refractivity contribution is 6.32. The summed E-state index contributed by atoms with van der Waals surface area (Å²) in [7, 11) is 2.07. The van der Waals surface area contributed by atoms with Crippen molar-refractivity contribution in [3.8, 4) is 5.75 Å². The molecule has 0 aliphatic carbocycles. The van der Waals surface area contributed by atoms with Gasteiger partial charge < -0.3 is 4.74 Å². The van der Waals surface area contributed by atoms with Crippen molar-refractivity contribution in [1.82, 2.24) is 0 Å². The Morgan fingerprint density at radius 1 is 0.938 bits per heavy atom. The van der Waals surface area contributed by atoms with Crippen molar-refractivity contribution < 1.29 is 4.74 Å². The van der Waals surface area contributed by atoms with Gasteiger partial charge in [-0.3, -0.25) is 0 Å². The van der Waals surface area contributed by atoms with Gasteiger partial charge in [-0.15, -0.1) is 0 Å². The van der Waals surface area contributed by atoms with Crippen molar-refractivity contribution >= 4 is 13.3 Å². The zero-order valence-electron chi connectivity index (χ0n) is 9.52. The molecular formula is C14H15BO. The number of hydrogen-bond donors (Lipinski definition) is 0. The van der Waals surface area contributed by atoms with Gasteiger partial charge in [0.05, 0.1) is 6.61 Å². The van der Waals surface area contributed by atoms with Gasteiger partial charge in [0.1, 0.15) is 13.6 Å². The van der Waals surface area contributed by atoms with Crippen LogP contribution in [0.5, 0.6) is 5.75 Å². The molecule has 0 heterocycles. The minimum absolute atomic E-state index is 0.730. The van der Waals surface area contributed by atoms with Gasteiger partial charge in [-0.05, 0) is 17.7 Å². The third-order valence-electron chi connectivity index (χ3n) is 2.49. The van der Waals surface area contributed by atoms with Crippen molar-refractivity contribution in [1.29, 1.82) is 0 Å². The van der Waals surface area contributed by atoms with Crippen LogP contribution in [0.1, 0.15) is 5.56 Å². The molecule has 0 aliphatic rings. The van der Waals surface area contributed by atoms with Crippen LogP contribution in [0.2, 0.25) is 0 Å². The Kier molecular flexibility index (Phi) is 3.65. The van der Waals surface area contributed by atoms with Crippen LogP contribution in [-0.2, 0) is 6.42 Å². The minimum Gasteiger partial charge on any atom is -0.493 e. The van der Waals surface area contributed by atoms with Gasteiger partial charge in [0.2, 0.25) is 0 Å². The summed E-state index contributed by atoms with van der Waals surface area (Å²) in [6, 6.07) is 18.5. The molecule has 0 bridgehead atoms. The summed E-state index contributed by atoms with van der Waals surface area (Å²) < 4.78 is 5.69. The molecule has 2 rings (SSSR count). The van der Waals surface area contributed by atoms with E-state index in [0.717, 1.165) is 18.8 Å². The molecule has 0 radical (unpaired) electrons. The maximum atomic E-state index is 5.69. The van der Waals surface area contributed by atoms with Gasteiger partial charge in [0.15, 0.2) is 0 Å². The quantitative estimate of drug-likeness (QED) is 0.696. The highest BCUT2D eigenvalue weighted by Gasteiger charge is 1.95. The van der Waals surface area contributed by atoms with Crippen LogP contribution < -0.4 is 10.2 Å². The lowest BCUT2D eigenvalue weighted by molar-refractivity contribution is 0.322. The van der Waals surface area contributed by atoms with Crippen molar-refractivity contribution in [3.05, 3.63) is 60.2 Å². The van der Waals surface area contributed by atoms with E-state index in [9.17, 15) is 0 Å². The van der Waals surface area contributed by atoms with Crippen LogP contribution in [0.25, 0.3) is 0 Å². The number of benzene rings is 2. The third-order valence-corrected chi connectivity index (χ3v) is 2.49. The Hall–Kier alpha value is -1.70. The van der Waals surface area contributed by atoms with E-state index in [4.69, 9.17) is 4.74 Å². The van der Waals surface area contributed by atoms with E-state index in [1.165, 1.54) is 11.0 Å². The monoisotopic (exact) mass is 210 g/mol. The summed E-state index contributed by atoms with van der Waals surface area (Å²) in [6.07, 6.45) is 0.953. The lowest BCUT2D eigenvalue weighted by Gasteiger charge is -2.06. The average molecular weight is 210 g/mol. The molecule has 16 heavy (non-hydrogen) atoms. The molecule has 0 spiro atoms.